The molecule has 0 saturated carbocycles. The van der Waals surface area contributed by atoms with Crippen molar-refractivity contribution in [3.63, 3.8) is 0 Å². The Morgan fingerprint density at radius 1 is 1.04 bits per heavy atom. The number of carbonyl (C=O) groups is 1. The minimum absolute atomic E-state index is 0.121. The molecule has 0 aliphatic heterocycles. The summed E-state index contributed by atoms with van der Waals surface area (Å²) in [6.45, 7) is 3.82. The standard InChI is InChI=1S/C22H23ClN4O/c1-2-27(16-18-7-4-3-5-8-18)22(28)20-14-26-21(15-25-20)24-12-11-17-9-6-10-19(23)13-17/h3-10,13-15H,2,11-12,16H2,1H3,(H,24,26). The van der Waals surface area contributed by atoms with Crippen molar-refractivity contribution in [1.29, 1.82) is 0 Å². The van der Waals surface area contributed by atoms with Crippen LogP contribution in [0.2, 0.25) is 5.02 Å². The highest BCUT2D eigenvalue weighted by Gasteiger charge is 2.16. The molecule has 0 bridgehead atoms. The molecule has 1 N–H and O–H groups in total. The lowest BCUT2D eigenvalue weighted by Crippen LogP contribution is -2.31. The van der Waals surface area contributed by atoms with Crippen LogP contribution in [-0.4, -0.2) is 33.9 Å². The van der Waals surface area contributed by atoms with E-state index < -0.39 is 0 Å². The van der Waals surface area contributed by atoms with Gasteiger partial charge >= 0.3 is 0 Å². The van der Waals surface area contributed by atoms with Crippen LogP contribution in [0.4, 0.5) is 5.82 Å². The summed E-state index contributed by atoms with van der Waals surface area (Å²) in [5.74, 6) is 0.522. The summed E-state index contributed by atoms with van der Waals surface area (Å²) in [6, 6.07) is 17.7. The molecular weight excluding hydrogens is 372 g/mol. The number of anilines is 1. The van der Waals surface area contributed by atoms with Crippen molar-refractivity contribution in [2.75, 3.05) is 18.4 Å². The number of aromatic nitrogens is 2. The highest BCUT2D eigenvalue weighted by molar-refractivity contribution is 6.30. The Labute approximate surface area is 170 Å². The number of carbonyl (C=O) groups excluding carboxylic acids is 1. The Hall–Kier alpha value is -2.92. The third-order valence-electron chi connectivity index (χ3n) is 4.36. The van der Waals surface area contributed by atoms with Gasteiger partial charge in [0.25, 0.3) is 5.91 Å². The summed E-state index contributed by atoms with van der Waals surface area (Å²) in [7, 11) is 0. The Balaban J connectivity index is 1.55. The molecule has 2 aromatic carbocycles. The molecule has 0 aliphatic carbocycles. The van der Waals surface area contributed by atoms with Crippen LogP contribution in [0.25, 0.3) is 0 Å². The summed E-state index contributed by atoms with van der Waals surface area (Å²) in [4.78, 5) is 23.1. The number of halogens is 1. The van der Waals surface area contributed by atoms with Crippen molar-refractivity contribution >= 4 is 23.3 Å². The summed E-state index contributed by atoms with van der Waals surface area (Å²) in [5.41, 5.74) is 2.59. The lowest BCUT2D eigenvalue weighted by molar-refractivity contribution is 0.0746. The molecule has 6 heteroatoms. The van der Waals surface area contributed by atoms with E-state index in [4.69, 9.17) is 11.6 Å². The monoisotopic (exact) mass is 394 g/mol. The lowest BCUT2D eigenvalue weighted by Gasteiger charge is -2.20. The second-order valence-corrected chi connectivity index (χ2v) is 6.83. The van der Waals surface area contributed by atoms with E-state index in [1.54, 1.807) is 11.1 Å². The van der Waals surface area contributed by atoms with Gasteiger partial charge in [0.05, 0.1) is 12.4 Å². The van der Waals surface area contributed by atoms with Crippen molar-refractivity contribution in [3.8, 4) is 0 Å². The van der Waals surface area contributed by atoms with E-state index in [0.717, 1.165) is 22.6 Å². The third-order valence-corrected chi connectivity index (χ3v) is 4.60. The zero-order valence-corrected chi connectivity index (χ0v) is 16.6. The quantitative estimate of drug-likeness (QED) is 0.613. The molecule has 0 aliphatic rings. The lowest BCUT2D eigenvalue weighted by atomic mass is 10.1. The fourth-order valence-electron chi connectivity index (χ4n) is 2.85. The van der Waals surface area contributed by atoms with Crippen molar-refractivity contribution in [3.05, 3.63) is 88.8 Å². The van der Waals surface area contributed by atoms with Gasteiger partial charge in [-0.3, -0.25) is 4.79 Å². The molecule has 3 rings (SSSR count). The number of nitrogens with zero attached hydrogens (tertiary/aromatic N) is 3. The number of nitrogens with one attached hydrogen (secondary N) is 1. The second kappa shape index (κ2) is 9.85. The fraction of sp³-hybridized carbons (Fsp3) is 0.227. The number of amides is 1. The van der Waals surface area contributed by atoms with Crippen LogP contribution >= 0.6 is 11.6 Å². The van der Waals surface area contributed by atoms with Gasteiger partial charge in [-0.15, -0.1) is 0 Å². The first-order valence-corrected chi connectivity index (χ1v) is 9.67. The Kier molecular flexibility index (Phi) is 6.98. The molecule has 0 saturated heterocycles. The maximum atomic E-state index is 12.7. The smallest absolute Gasteiger partial charge is 0.274 e. The van der Waals surface area contributed by atoms with Crippen molar-refractivity contribution in [2.24, 2.45) is 0 Å². The number of rotatable bonds is 8. The maximum absolute atomic E-state index is 12.7. The van der Waals surface area contributed by atoms with Crippen LogP contribution in [0.5, 0.6) is 0 Å². The largest absolute Gasteiger partial charge is 0.368 e. The minimum Gasteiger partial charge on any atom is -0.368 e. The van der Waals surface area contributed by atoms with Crippen LogP contribution in [0.15, 0.2) is 67.0 Å². The summed E-state index contributed by atoms with van der Waals surface area (Å²) >= 11 is 6.00. The zero-order chi connectivity index (χ0) is 19.8. The maximum Gasteiger partial charge on any atom is 0.274 e. The van der Waals surface area contributed by atoms with Crippen molar-refractivity contribution in [1.82, 2.24) is 14.9 Å². The molecule has 0 spiro atoms. The first-order valence-electron chi connectivity index (χ1n) is 9.29. The number of hydrogen-bond donors (Lipinski definition) is 1. The number of benzene rings is 2. The van der Waals surface area contributed by atoms with Crippen LogP contribution in [0, 0.1) is 0 Å². The molecule has 1 heterocycles. The summed E-state index contributed by atoms with van der Waals surface area (Å²) in [6.07, 6.45) is 3.95. The van der Waals surface area contributed by atoms with E-state index in [1.807, 2.05) is 61.5 Å². The van der Waals surface area contributed by atoms with Crippen LogP contribution < -0.4 is 5.32 Å². The minimum atomic E-state index is -0.121. The topological polar surface area (TPSA) is 58.1 Å². The van der Waals surface area contributed by atoms with E-state index in [0.29, 0.717) is 31.1 Å². The van der Waals surface area contributed by atoms with E-state index in [2.05, 4.69) is 15.3 Å². The average Bonchev–Trinajstić information content (AvgIpc) is 2.73. The van der Waals surface area contributed by atoms with Crippen molar-refractivity contribution in [2.45, 2.75) is 19.9 Å². The van der Waals surface area contributed by atoms with Gasteiger partial charge in [-0.05, 0) is 36.6 Å². The van der Waals surface area contributed by atoms with Gasteiger partial charge in [-0.2, -0.15) is 0 Å². The van der Waals surface area contributed by atoms with Gasteiger partial charge in [0.2, 0.25) is 0 Å². The molecule has 28 heavy (non-hydrogen) atoms. The van der Waals surface area contributed by atoms with Crippen LogP contribution in [-0.2, 0) is 13.0 Å². The Morgan fingerprint density at radius 2 is 1.82 bits per heavy atom. The molecule has 1 amide bonds. The first kappa shape index (κ1) is 19.8. The average molecular weight is 395 g/mol. The first-order chi connectivity index (χ1) is 13.7. The van der Waals surface area contributed by atoms with Crippen LogP contribution in [0.3, 0.4) is 0 Å². The van der Waals surface area contributed by atoms with E-state index in [1.165, 1.54) is 6.20 Å². The van der Waals surface area contributed by atoms with Gasteiger partial charge in [0, 0.05) is 24.7 Å². The Bertz CT molecular complexity index is 900. The van der Waals surface area contributed by atoms with E-state index >= 15 is 0 Å². The van der Waals surface area contributed by atoms with Crippen LogP contribution in [0.1, 0.15) is 28.5 Å². The molecule has 0 radical (unpaired) electrons. The SMILES string of the molecule is CCN(Cc1ccccc1)C(=O)c1cnc(NCCc2cccc(Cl)c2)cn1. The molecule has 0 atom stereocenters. The van der Waals surface area contributed by atoms with E-state index in [-0.39, 0.29) is 5.91 Å². The van der Waals surface area contributed by atoms with Gasteiger partial charge in [-0.1, -0.05) is 54.1 Å². The fourth-order valence-corrected chi connectivity index (χ4v) is 3.06. The van der Waals surface area contributed by atoms with Gasteiger partial charge in [-0.25, -0.2) is 9.97 Å². The van der Waals surface area contributed by atoms with Crippen molar-refractivity contribution < 1.29 is 4.79 Å². The molecular formula is C22H23ClN4O. The second-order valence-electron chi connectivity index (χ2n) is 6.40. The molecule has 1 aromatic heterocycles. The van der Waals surface area contributed by atoms with E-state index in [9.17, 15) is 4.79 Å². The Morgan fingerprint density at radius 3 is 2.50 bits per heavy atom. The number of hydrogen-bond acceptors (Lipinski definition) is 4. The predicted molar refractivity (Wildman–Crippen MR) is 113 cm³/mol. The highest BCUT2D eigenvalue weighted by Crippen LogP contribution is 2.12. The van der Waals surface area contributed by atoms with Gasteiger partial charge in [0.1, 0.15) is 11.5 Å². The molecule has 0 unspecified atom stereocenters. The van der Waals surface area contributed by atoms with Gasteiger partial charge in [0.15, 0.2) is 0 Å². The summed E-state index contributed by atoms with van der Waals surface area (Å²) < 4.78 is 0. The molecule has 144 valence electrons. The molecule has 3 aromatic rings. The zero-order valence-electron chi connectivity index (χ0n) is 15.8. The van der Waals surface area contributed by atoms with Gasteiger partial charge < -0.3 is 10.2 Å². The molecule has 5 nitrogen and oxygen atoms in total. The normalized spacial score (nSPS) is 10.5. The predicted octanol–water partition coefficient (Wildman–Crippen LogP) is 4.45. The molecule has 0 fully saturated rings. The highest BCUT2D eigenvalue weighted by atomic mass is 35.5. The summed E-state index contributed by atoms with van der Waals surface area (Å²) in [5, 5.41) is 3.95. The third kappa shape index (κ3) is 5.54.